The van der Waals surface area contributed by atoms with Crippen LogP contribution in [0.1, 0.15) is 0 Å². The molecule has 0 unspecified atom stereocenters. The predicted octanol–water partition coefficient (Wildman–Crippen LogP) is 2.50. The van der Waals surface area contributed by atoms with Gasteiger partial charge in [-0.2, -0.15) is 0 Å². The van der Waals surface area contributed by atoms with Crippen LogP contribution >= 0.6 is 0 Å². The molecule has 0 heterocycles. The van der Waals surface area contributed by atoms with Crippen LogP contribution in [0, 0.1) is 10.1 Å². The number of nitro groups is 1. The van der Waals surface area contributed by atoms with Crippen molar-refractivity contribution in [3.05, 3.63) is 52.6 Å². The lowest BCUT2D eigenvalue weighted by Crippen LogP contribution is -2.14. The highest BCUT2D eigenvalue weighted by Gasteiger charge is 2.10. The van der Waals surface area contributed by atoms with Crippen molar-refractivity contribution in [1.82, 2.24) is 0 Å². The molecular weight excluding hydrogens is 326 g/mol. The summed E-state index contributed by atoms with van der Waals surface area (Å²) in [5, 5.41) is 26.0. The van der Waals surface area contributed by atoms with Gasteiger partial charge >= 0.3 is 0 Å². The molecule has 8 heteroatoms. The van der Waals surface area contributed by atoms with Gasteiger partial charge in [0.15, 0.2) is 0 Å². The van der Waals surface area contributed by atoms with Crippen LogP contribution in [0.25, 0.3) is 0 Å². The average Bonchev–Trinajstić information content (AvgIpc) is 2.64. The van der Waals surface area contributed by atoms with Gasteiger partial charge in [0.1, 0.15) is 18.1 Å². The second kappa shape index (κ2) is 9.33. The normalized spacial score (nSPS) is 10.2. The number of aliphatic hydroxyl groups excluding tert-OH is 1. The number of rotatable bonds is 10. The summed E-state index contributed by atoms with van der Waals surface area (Å²) in [4.78, 5) is 10.5. The van der Waals surface area contributed by atoms with Crippen molar-refractivity contribution >= 4 is 17.1 Å². The number of anilines is 2. The summed E-state index contributed by atoms with van der Waals surface area (Å²) in [5.74, 6) is 1.46. The Morgan fingerprint density at radius 1 is 1.04 bits per heavy atom. The van der Waals surface area contributed by atoms with Crippen LogP contribution in [-0.2, 0) is 0 Å². The Morgan fingerprint density at radius 2 is 1.72 bits per heavy atom. The van der Waals surface area contributed by atoms with Gasteiger partial charge in [-0.1, -0.05) is 0 Å². The summed E-state index contributed by atoms with van der Waals surface area (Å²) >= 11 is 0. The summed E-state index contributed by atoms with van der Waals surface area (Å²) in [6, 6.07) is 11.7. The molecule has 0 aliphatic rings. The van der Waals surface area contributed by atoms with Crippen molar-refractivity contribution in [2.75, 3.05) is 44.0 Å². The number of nitrogens with one attached hydrogen (secondary N) is 2. The zero-order chi connectivity index (χ0) is 18.1. The molecule has 0 fully saturated rings. The van der Waals surface area contributed by atoms with Crippen LogP contribution < -0.4 is 20.1 Å². The van der Waals surface area contributed by atoms with E-state index in [9.17, 15) is 10.1 Å². The zero-order valence-electron chi connectivity index (χ0n) is 13.9. The molecule has 3 N–H and O–H groups in total. The monoisotopic (exact) mass is 347 g/mol. The van der Waals surface area contributed by atoms with E-state index in [-0.39, 0.29) is 12.3 Å². The fourth-order valence-electron chi connectivity index (χ4n) is 2.16. The summed E-state index contributed by atoms with van der Waals surface area (Å²) in [6.45, 7) is 1.17. The van der Waals surface area contributed by atoms with E-state index in [2.05, 4.69) is 10.6 Å². The molecule has 0 aliphatic heterocycles. The van der Waals surface area contributed by atoms with Crippen molar-refractivity contribution in [1.29, 1.82) is 0 Å². The maximum Gasteiger partial charge on any atom is 0.271 e. The molecule has 0 aliphatic carbocycles. The summed E-state index contributed by atoms with van der Waals surface area (Å²) in [6.07, 6.45) is 0. The number of non-ortho nitro benzene ring substituents is 1. The van der Waals surface area contributed by atoms with Gasteiger partial charge in [-0.3, -0.25) is 10.1 Å². The van der Waals surface area contributed by atoms with Crippen molar-refractivity contribution in [2.24, 2.45) is 0 Å². The molecule has 25 heavy (non-hydrogen) atoms. The Hall–Kier alpha value is -3.00. The second-order valence-electron chi connectivity index (χ2n) is 5.09. The first-order valence-corrected chi connectivity index (χ1v) is 7.78. The number of aliphatic hydroxyl groups is 1. The Balaban J connectivity index is 1.93. The predicted molar refractivity (Wildman–Crippen MR) is 95.7 cm³/mol. The van der Waals surface area contributed by atoms with E-state index in [1.165, 1.54) is 12.1 Å². The van der Waals surface area contributed by atoms with Gasteiger partial charge in [-0.15, -0.1) is 0 Å². The lowest BCUT2D eigenvalue weighted by Gasteiger charge is -2.14. The largest absolute Gasteiger partial charge is 0.497 e. The highest BCUT2D eigenvalue weighted by atomic mass is 16.6. The van der Waals surface area contributed by atoms with Crippen LogP contribution in [-0.4, -0.2) is 43.4 Å². The highest BCUT2D eigenvalue weighted by Crippen LogP contribution is 2.26. The molecule has 2 aromatic carbocycles. The van der Waals surface area contributed by atoms with Gasteiger partial charge < -0.3 is 25.2 Å². The standard InChI is InChI=1S/C17H21N3O5/c1-24-14-3-5-15(6-4-14)25-11-9-19-17-12-13(20(22)23)2-7-16(17)18-8-10-21/h2-7,12,18-19,21H,8-11H2,1H3. The molecule has 0 radical (unpaired) electrons. The molecule has 0 saturated carbocycles. The SMILES string of the molecule is COc1ccc(OCCNc2cc([N+](=O)[O-])ccc2NCCO)cc1. The van der Waals surface area contributed by atoms with Crippen LogP contribution in [0.5, 0.6) is 11.5 Å². The first-order valence-electron chi connectivity index (χ1n) is 7.78. The maximum absolute atomic E-state index is 10.9. The molecule has 0 bridgehead atoms. The van der Waals surface area contributed by atoms with Gasteiger partial charge in [0.05, 0.1) is 30.0 Å². The summed E-state index contributed by atoms with van der Waals surface area (Å²) in [7, 11) is 1.60. The van der Waals surface area contributed by atoms with Gasteiger partial charge in [-0.25, -0.2) is 0 Å². The number of benzene rings is 2. The minimum Gasteiger partial charge on any atom is -0.497 e. The molecule has 0 amide bonds. The molecule has 8 nitrogen and oxygen atoms in total. The van der Waals surface area contributed by atoms with Crippen LogP contribution in [0.4, 0.5) is 17.1 Å². The van der Waals surface area contributed by atoms with E-state index in [0.717, 1.165) is 5.75 Å². The van der Waals surface area contributed by atoms with Gasteiger partial charge in [0, 0.05) is 25.2 Å². The molecule has 0 aromatic heterocycles. The minimum atomic E-state index is -0.450. The summed E-state index contributed by atoms with van der Waals surface area (Å²) in [5.41, 5.74) is 1.26. The molecule has 0 atom stereocenters. The topological polar surface area (TPSA) is 106 Å². The van der Waals surface area contributed by atoms with E-state index in [1.54, 1.807) is 37.4 Å². The van der Waals surface area contributed by atoms with Crippen molar-refractivity contribution in [3.63, 3.8) is 0 Å². The minimum absolute atomic E-state index is 0.00637. The number of methoxy groups -OCH3 is 1. The third-order valence-corrected chi connectivity index (χ3v) is 3.39. The number of hydrogen-bond acceptors (Lipinski definition) is 7. The van der Waals surface area contributed by atoms with Gasteiger partial charge in [0.25, 0.3) is 5.69 Å². The second-order valence-corrected chi connectivity index (χ2v) is 5.09. The van der Waals surface area contributed by atoms with Gasteiger partial charge in [-0.05, 0) is 30.3 Å². The van der Waals surface area contributed by atoms with Crippen LogP contribution in [0.2, 0.25) is 0 Å². The van der Waals surface area contributed by atoms with E-state index < -0.39 is 4.92 Å². The molecule has 2 rings (SSSR count). The van der Waals surface area contributed by atoms with E-state index >= 15 is 0 Å². The Morgan fingerprint density at radius 3 is 2.36 bits per heavy atom. The number of ether oxygens (including phenoxy) is 2. The third kappa shape index (κ3) is 5.54. The van der Waals surface area contributed by atoms with E-state index in [0.29, 0.717) is 36.8 Å². The quantitative estimate of drug-likeness (QED) is 0.344. The number of nitro benzene ring substituents is 1. The molecular formula is C17H21N3O5. The fourth-order valence-corrected chi connectivity index (χ4v) is 2.16. The molecule has 2 aromatic rings. The lowest BCUT2D eigenvalue weighted by atomic mass is 10.2. The van der Waals surface area contributed by atoms with Crippen molar-refractivity contribution in [3.8, 4) is 11.5 Å². The average molecular weight is 347 g/mol. The first kappa shape index (κ1) is 18.3. The fraction of sp³-hybridized carbons (Fsp3) is 0.294. The third-order valence-electron chi connectivity index (χ3n) is 3.39. The summed E-state index contributed by atoms with van der Waals surface area (Å²) < 4.78 is 10.7. The smallest absolute Gasteiger partial charge is 0.271 e. The zero-order valence-corrected chi connectivity index (χ0v) is 13.9. The van der Waals surface area contributed by atoms with Crippen LogP contribution in [0.3, 0.4) is 0 Å². The first-order chi connectivity index (χ1) is 12.1. The lowest BCUT2D eigenvalue weighted by molar-refractivity contribution is -0.384. The molecule has 134 valence electrons. The highest BCUT2D eigenvalue weighted by molar-refractivity contribution is 5.72. The Labute approximate surface area is 145 Å². The van der Waals surface area contributed by atoms with E-state index in [1.807, 2.05) is 0 Å². The number of hydrogen-bond donors (Lipinski definition) is 3. The van der Waals surface area contributed by atoms with Gasteiger partial charge in [0.2, 0.25) is 0 Å². The number of nitrogens with zero attached hydrogens (tertiary/aromatic N) is 1. The Bertz CT molecular complexity index is 691. The Kier molecular flexibility index (Phi) is 6.85. The van der Waals surface area contributed by atoms with Crippen LogP contribution in [0.15, 0.2) is 42.5 Å². The maximum atomic E-state index is 10.9. The van der Waals surface area contributed by atoms with Crippen molar-refractivity contribution in [2.45, 2.75) is 0 Å². The van der Waals surface area contributed by atoms with E-state index in [4.69, 9.17) is 14.6 Å². The van der Waals surface area contributed by atoms with Crippen molar-refractivity contribution < 1.29 is 19.5 Å². The molecule has 0 saturated heterocycles. The molecule has 0 spiro atoms.